The molecule has 1 heterocycles. The van der Waals surface area contributed by atoms with Crippen LogP contribution in [0, 0.1) is 0 Å². The number of fused-ring (bicyclic) bond motifs is 1. The van der Waals surface area contributed by atoms with Crippen molar-refractivity contribution in [3.05, 3.63) is 40.3 Å². The number of aryl methyl sites for hydroxylation is 1. The number of esters is 1. The third kappa shape index (κ3) is 5.04. The Labute approximate surface area is 169 Å². The summed E-state index contributed by atoms with van der Waals surface area (Å²) in [6.45, 7) is 5.89. The number of thiophene rings is 1. The molecule has 0 atom stereocenters. The highest BCUT2D eigenvalue weighted by atomic mass is 32.1. The minimum Gasteiger partial charge on any atom is -0.493 e. The molecule has 1 aromatic heterocycles. The Hall–Kier alpha value is -2.54. The molecule has 1 amide bonds. The molecule has 2 aromatic rings. The van der Waals surface area contributed by atoms with Gasteiger partial charge in [0.15, 0.2) is 18.1 Å². The van der Waals surface area contributed by atoms with Gasteiger partial charge in [0.1, 0.15) is 5.00 Å². The van der Waals surface area contributed by atoms with Crippen molar-refractivity contribution in [3.63, 3.8) is 0 Å². The largest absolute Gasteiger partial charge is 0.493 e. The maximum absolute atomic E-state index is 12.3. The van der Waals surface area contributed by atoms with Gasteiger partial charge in [-0.25, -0.2) is 4.79 Å². The molecule has 0 saturated carbocycles. The minimum absolute atomic E-state index is 0.175. The standard InChI is InChI=1S/C19H21NO5S.C2H6/c1-3-24-19(22)17-12-7-6-10-15(12)26-18(17)20-16(21)11-25-14-9-5-4-8-13(14)23-2;1-2/h4-5,8-9H,3,6-7,10-11H2,1-2H3,(H,20,21);1-2H3. The van der Waals surface area contributed by atoms with Gasteiger partial charge in [-0.2, -0.15) is 0 Å². The molecule has 7 heteroatoms. The molecular formula is C21H27NO5S. The van der Waals surface area contributed by atoms with Gasteiger partial charge in [-0.05, 0) is 43.9 Å². The van der Waals surface area contributed by atoms with Crippen molar-refractivity contribution in [1.29, 1.82) is 0 Å². The van der Waals surface area contributed by atoms with Crippen molar-refractivity contribution in [2.45, 2.75) is 40.0 Å². The molecule has 28 heavy (non-hydrogen) atoms. The molecule has 0 unspecified atom stereocenters. The molecule has 1 aromatic carbocycles. The summed E-state index contributed by atoms with van der Waals surface area (Å²) in [6, 6.07) is 7.12. The lowest BCUT2D eigenvalue weighted by molar-refractivity contribution is -0.118. The third-order valence-electron chi connectivity index (χ3n) is 4.08. The lowest BCUT2D eigenvalue weighted by Gasteiger charge is -2.11. The minimum atomic E-state index is -0.382. The van der Waals surface area contributed by atoms with E-state index in [0.29, 0.717) is 28.7 Å². The van der Waals surface area contributed by atoms with E-state index in [1.807, 2.05) is 19.9 Å². The first-order valence-corrected chi connectivity index (χ1v) is 10.3. The van der Waals surface area contributed by atoms with Crippen LogP contribution in [0.4, 0.5) is 5.00 Å². The Bertz CT molecular complexity index is 815. The van der Waals surface area contributed by atoms with E-state index >= 15 is 0 Å². The highest BCUT2D eigenvalue weighted by Crippen LogP contribution is 2.39. The predicted molar refractivity (Wildman–Crippen MR) is 111 cm³/mol. The van der Waals surface area contributed by atoms with Gasteiger partial charge in [-0.3, -0.25) is 4.79 Å². The smallest absolute Gasteiger partial charge is 0.341 e. The number of hydrogen-bond acceptors (Lipinski definition) is 6. The molecular weight excluding hydrogens is 378 g/mol. The molecule has 1 aliphatic rings. The number of anilines is 1. The molecule has 0 spiro atoms. The molecule has 1 N–H and O–H groups in total. The Balaban J connectivity index is 0.00000136. The van der Waals surface area contributed by atoms with Crippen molar-refractivity contribution in [2.24, 2.45) is 0 Å². The van der Waals surface area contributed by atoms with E-state index in [1.54, 1.807) is 32.2 Å². The van der Waals surface area contributed by atoms with Crippen LogP contribution in [-0.2, 0) is 22.4 Å². The van der Waals surface area contributed by atoms with Crippen LogP contribution in [0.25, 0.3) is 0 Å². The van der Waals surface area contributed by atoms with Gasteiger partial charge in [-0.1, -0.05) is 26.0 Å². The molecule has 0 fully saturated rings. The highest BCUT2D eigenvalue weighted by Gasteiger charge is 2.28. The number of hydrogen-bond donors (Lipinski definition) is 1. The number of methoxy groups -OCH3 is 1. The topological polar surface area (TPSA) is 73.9 Å². The van der Waals surface area contributed by atoms with Crippen molar-refractivity contribution in [3.8, 4) is 11.5 Å². The monoisotopic (exact) mass is 405 g/mol. The van der Waals surface area contributed by atoms with E-state index in [2.05, 4.69) is 5.32 Å². The first-order valence-electron chi connectivity index (χ1n) is 9.51. The molecule has 6 nitrogen and oxygen atoms in total. The number of amides is 1. The summed E-state index contributed by atoms with van der Waals surface area (Å²) < 4.78 is 15.9. The molecule has 0 radical (unpaired) electrons. The van der Waals surface area contributed by atoms with Crippen LogP contribution in [0.5, 0.6) is 11.5 Å². The predicted octanol–water partition coefficient (Wildman–Crippen LogP) is 4.47. The van der Waals surface area contributed by atoms with E-state index in [9.17, 15) is 9.59 Å². The van der Waals surface area contributed by atoms with Gasteiger partial charge in [0, 0.05) is 4.88 Å². The lowest BCUT2D eigenvalue weighted by atomic mass is 10.1. The summed E-state index contributed by atoms with van der Waals surface area (Å²) in [5, 5.41) is 3.34. The maximum Gasteiger partial charge on any atom is 0.341 e. The van der Waals surface area contributed by atoms with Crippen molar-refractivity contribution < 1.29 is 23.8 Å². The van der Waals surface area contributed by atoms with Crippen LogP contribution in [0.3, 0.4) is 0 Å². The number of carbonyl (C=O) groups is 2. The van der Waals surface area contributed by atoms with Crippen molar-refractivity contribution in [2.75, 3.05) is 25.6 Å². The zero-order valence-corrected chi connectivity index (χ0v) is 17.6. The van der Waals surface area contributed by atoms with Crippen molar-refractivity contribution >= 4 is 28.2 Å². The van der Waals surface area contributed by atoms with Gasteiger partial charge in [0.25, 0.3) is 5.91 Å². The number of ether oxygens (including phenoxy) is 3. The Kier molecular flexibility index (Phi) is 8.32. The first-order chi connectivity index (χ1) is 13.6. The number of para-hydroxylation sites is 2. The molecule has 0 bridgehead atoms. The zero-order valence-electron chi connectivity index (χ0n) is 16.8. The van der Waals surface area contributed by atoms with Crippen molar-refractivity contribution in [1.82, 2.24) is 0 Å². The van der Waals surface area contributed by atoms with Gasteiger partial charge in [0.05, 0.1) is 19.3 Å². The van der Waals surface area contributed by atoms with Gasteiger partial charge >= 0.3 is 5.97 Å². The Morgan fingerprint density at radius 2 is 1.86 bits per heavy atom. The Morgan fingerprint density at radius 1 is 1.14 bits per heavy atom. The summed E-state index contributed by atoms with van der Waals surface area (Å²) in [6.07, 6.45) is 2.80. The zero-order chi connectivity index (χ0) is 20.5. The second kappa shape index (κ2) is 10.7. The summed E-state index contributed by atoms with van der Waals surface area (Å²) in [4.78, 5) is 25.8. The summed E-state index contributed by atoms with van der Waals surface area (Å²) in [5.41, 5.74) is 1.50. The van der Waals surface area contributed by atoms with Gasteiger partial charge in [0.2, 0.25) is 0 Å². The summed E-state index contributed by atoms with van der Waals surface area (Å²) in [7, 11) is 1.54. The van der Waals surface area contributed by atoms with Crippen LogP contribution in [-0.4, -0.2) is 32.2 Å². The first kappa shape index (κ1) is 21.8. The fourth-order valence-corrected chi connectivity index (χ4v) is 4.25. The number of carbonyl (C=O) groups excluding carboxylic acids is 2. The molecule has 152 valence electrons. The van der Waals surface area contributed by atoms with Gasteiger partial charge < -0.3 is 19.5 Å². The second-order valence-electron chi connectivity index (χ2n) is 5.77. The average molecular weight is 406 g/mol. The van der Waals surface area contributed by atoms with E-state index in [0.717, 1.165) is 29.7 Å². The molecule has 0 aliphatic heterocycles. The number of nitrogens with one attached hydrogen (secondary N) is 1. The fourth-order valence-electron chi connectivity index (χ4n) is 2.96. The summed E-state index contributed by atoms with van der Waals surface area (Å²) in [5.74, 6) is 0.335. The maximum atomic E-state index is 12.3. The van der Waals surface area contributed by atoms with Crippen LogP contribution in [0.1, 0.15) is 48.0 Å². The normalized spacial score (nSPS) is 11.7. The lowest BCUT2D eigenvalue weighted by Crippen LogP contribution is -2.21. The number of rotatable bonds is 7. The molecule has 3 rings (SSSR count). The SMILES string of the molecule is CC.CCOC(=O)c1c(NC(=O)COc2ccccc2OC)sc2c1CCC2. The van der Waals surface area contributed by atoms with Crippen LogP contribution in [0.15, 0.2) is 24.3 Å². The molecule has 1 aliphatic carbocycles. The third-order valence-corrected chi connectivity index (χ3v) is 5.29. The van der Waals surface area contributed by atoms with Crippen LogP contribution in [0.2, 0.25) is 0 Å². The average Bonchev–Trinajstić information content (AvgIpc) is 3.29. The second-order valence-corrected chi connectivity index (χ2v) is 6.87. The van der Waals surface area contributed by atoms with Gasteiger partial charge in [-0.15, -0.1) is 11.3 Å². The Morgan fingerprint density at radius 3 is 2.54 bits per heavy atom. The molecule has 0 saturated heterocycles. The van der Waals surface area contributed by atoms with E-state index < -0.39 is 0 Å². The summed E-state index contributed by atoms with van der Waals surface area (Å²) >= 11 is 1.45. The van der Waals surface area contributed by atoms with Crippen LogP contribution < -0.4 is 14.8 Å². The quantitative estimate of drug-likeness (QED) is 0.688. The highest BCUT2D eigenvalue weighted by molar-refractivity contribution is 7.17. The van der Waals surface area contributed by atoms with E-state index in [4.69, 9.17) is 14.2 Å². The van der Waals surface area contributed by atoms with E-state index in [-0.39, 0.29) is 18.5 Å². The fraction of sp³-hybridized carbons (Fsp3) is 0.429. The van der Waals surface area contributed by atoms with E-state index in [1.165, 1.54) is 11.3 Å². The number of benzene rings is 1. The van der Waals surface area contributed by atoms with Crippen LogP contribution >= 0.6 is 11.3 Å².